The zero-order valence-corrected chi connectivity index (χ0v) is 14.8. The minimum atomic E-state index is -1.17. The van der Waals surface area contributed by atoms with Crippen molar-refractivity contribution in [1.82, 2.24) is 0 Å². The number of ketones is 1. The van der Waals surface area contributed by atoms with E-state index in [2.05, 4.69) is 30.9 Å². The molecule has 0 saturated heterocycles. The number of allylic oxidation sites excluding steroid dienone is 4. The van der Waals surface area contributed by atoms with Crippen LogP contribution >= 0.6 is 11.6 Å². The average molecular weight is 343 g/mol. The Balaban J connectivity index is 1.73. The highest BCUT2D eigenvalue weighted by molar-refractivity contribution is 6.30. The van der Waals surface area contributed by atoms with Crippen molar-refractivity contribution in [1.29, 1.82) is 0 Å². The number of aliphatic hydroxyl groups is 1. The average Bonchev–Trinajstić information content (AvgIpc) is 2.78. The standard InChI is InChI=1S/C21H23ClO2/c1-13-12-20(2)18(7-8-21(20,24)9-10-22)17-5-3-14-11-15(23)4-6-16(14)19(13)17/h7-8,11,16-19,24H,1,3-6,12H2,2H3/t16-,17-,18-,19+,20-,21+/m0/s1. The third-order valence-corrected chi connectivity index (χ3v) is 7.20. The molecule has 0 aromatic carbocycles. The van der Waals surface area contributed by atoms with E-state index >= 15 is 0 Å². The summed E-state index contributed by atoms with van der Waals surface area (Å²) in [5.74, 6) is 4.74. The Hall–Kier alpha value is -1.30. The van der Waals surface area contributed by atoms with Crippen LogP contribution in [0, 0.1) is 40.4 Å². The summed E-state index contributed by atoms with van der Waals surface area (Å²) in [7, 11) is 0. The topological polar surface area (TPSA) is 37.3 Å². The first-order valence-corrected chi connectivity index (χ1v) is 9.23. The van der Waals surface area contributed by atoms with Crippen molar-refractivity contribution in [2.75, 3.05) is 0 Å². The fourth-order valence-corrected chi connectivity index (χ4v) is 6.10. The van der Waals surface area contributed by atoms with Crippen LogP contribution in [0.15, 0.2) is 36.0 Å². The van der Waals surface area contributed by atoms with Crippen LogP contribution in [0.2, 0.25) is 0 Å². The Bertz CT molecular complexity index is 737. The molecule has 0 radical (unpaired) electrons. The van der Waals surface area contributed by atoms with Gasteiger partial charge in [-0.25, -0.2) is 0 Å². The number of hydrogen-bond acceptors (Lipinski definition) is 2. The van der Waals surface area contributed by atoms with Gasteiger partial charge in [0.2, 0.25) is 0 Å². The van der Waals surface area contributed by atoms with E-state index in [1.807, 2.05) is 12.2 Å². The molecule has 0 aromatic rings. The van der Waals surface area contributed by atoms with E-state index in [9.17, 15) is 9.90 Å². The van der Waals surface area contributed by atoms with E-state index in [-0.39, 0.29) is 17.1 Å². The van der Waals surface area contributed by atoms with Gasteiger partial charge in [-0.1, -0.05) is 30.7 Å². The summed E-state index contributed by atoms with van der Waals surface area (Å²) in [4.78, 5) is 11.8. The van der Waals surface area contributed by atoms with Crippen LogP contribution in [0.25, 0.3) is 0 Å². The van der Waals surface area contributed by atoms with E-state index in [0.29, 0.717) is 24.2 Å². The molecule has 0 unspecified atom stereocenters. The van der Waals surface area contributed by atoms with Crippen molar-refractivity contribution in [3.05, 3.63) is 36.0 Å². The van der Waals surface area contributed by atoms with Gasteiger partial charge in [0.05, 0.1) is 0 Å². The number of carbonyl (C=O) groups is 1. The van der Waals surface area contributed by atoms with E-state index < -0.39 is 5.60 Å². The molecule has 2 nitrogen and oxygen atoms in total. The molecule has 24 heavy (non-hydrogen) atoms. The molecule has 3 heteroatoms. The van der Waals surface area contributed by atoms with E-state index in [4.69, 9.17) is 11.6 Å². The first-order chi connectivity index (χ1) is 11.4. The molecule has 0 aliphatic heterocycles. The lowest BCUT2D eigenvalue weighted by Crippen LogP contribution is -2.53. The van der Waals surface area contributed by atoms with Crippen LogP contribution in [0.4, 0.5) is 0 Å². The van der Waals surface area contributed by atoms with Crippen molar-refractivity contribution in [3.63, 3.8) is 0 Å². The Morgan fingerprint density at radius 1 is 1.38 bits per heavy atom. The summed E-state index contributed by atoms with van der Waals surface area (Å²) in [5, 5.41) is 13.5. The van der Waals surface area contributed by atoms with Gasteiger partial charge in [-0.3, -0.25) is 4.79 Å². The summed E-state index contributed by atoms with van der Waals surface area (Å²) < 4.78 is 0. The fourth-order valence-electron chi connectivity index (χ4n) is 5.95. The van der Waals surface area contributed by atoms with Crippen molar-refractivity contribution >= 4 is 17.4 Å². The third kappa shape index (κ3) is 2.04. The first-order valence-electron chi connectivity index (χ1n) is 8.85. The molecule has 0 heterocycles. The van der Waals surface area contributed by atoms with Crippen molar-refractivity contribution in [3.8, 4) is 11.3 Å². The van der Waals surface area contributed by atoms with Crippen LogP contribution in [0.5, 0.6) is 0 Å². The lowest BCUT2D eigenvalue weighted by molar-refractivity contribution is -0.115. The summed E-state index contributed by atoms with van der Waals surface area (Å²) >= 11 is 5.63. The predicted octanol–water partition coefficient (Wildman–Crippen LogP) is 4.00. The maximum Gasteiger partial charge on any atom is 0.155 e. The van der Waals surface area contributed by atoms with Crippen LogP contribution in [-0.4, -0.2) is 16.5 Å². The number of hydrogen-bond donors (Lipinski definition) is 1. The Labute approximate surface area is 148 Å². The van der Waals surface area contributed by atoms with Gasteiger partial charge in [-0.15, -0.1) is 0 Å². The molecular weight excluding hydrogens is 320 g/mol. The Morgan fingerprint density at radius 2 is 2.17 bits per heavy atom. The number of fused-ring (bicyclic) bond motifs is 5. The zero-order valence-electron chi connectivity index (χ0n) is 14.0. The lowest BCUT2D eigenvalue weighted by atomic mass is 9.49. The van der Waals surface area contributed by atoms with Gasteiger partial charge < -0.3 is 5.11 Å². The van der Waals surface area contributed by atoms with Gasteiger partial charge in [0.25, 0.3) is 0 Å². The molecule has 2 saturated carbocycles. The molecule has 0 bridgehead atoms. The van der Waals surface area contributed by atoms with Gasteiger partial charge in [0.15, 0.2) is 11.4 Å². The van der Waals surface area contributed by atoms with Crippen molar-refractivity contribution < 1.29 is 9.90 Å². The summed E-state index contributed by atoms with van der Waals surface area (Å²) in [5.41, 5.74) is 1.00. The number of rotatable bonds is 0. The molecule has 2 fully saturated rings. The summed E-state index contributed by atoms with van der Waals surface area (Å²) in [6, 6.07) is 0. The number of carbonyl (C=O) groups excluding carboxylic acids is 1. The van der Waals surface area contributed by atoms with E-state index in [0.717, 1.165) is 25.7 Å². The van der Waals surface area contributed by atoms with Gasteiger partial charge in [-0.2, -0.15) is 0 Å². The van der Waals surface area contributed by atoms with Gasteiger partial charge >= 0.3 is 0 Å². The van der Waals surface area contributed by atoms with Crippen molar-refractivity contribution in [2.45, 2.75) is 44.6 Å². The Morgan fingerprint density at radius 3 is 2.92 bits per heavy atom. The van der Waals surface area contributed by atoms with Crippen LogP contribution in [-0.2, 0) is 4.79 Å². The summed E-state index contributed by atoms with van der Waals surface area (Å²) in [6.07, 6.45) is 10.3. The smallest absolute Gasteiger partial charge is 0.155 e. The van der Waals surface area contributed by atoms with Crippen molar-refractivity contribution in [2.24, 2.45) is 29.1 Å². The second-order valence-corrected chi connectivity index (χ2v) is 8.37. The molecule has 0 amide bonds. The highest BCUT2D eigenvalue weighted by Gasteiger charge is 2.60. The highest BCUT2D eigenvalue weighted by atomic mass is 35.5. The molecule has 6 atom stereocenters. The Kier molecular flexibility index (Phi) is 3.61. The third-order valence-electron chi connectivity index (χ3n) is 7.10. The molecular formula is C21H23ClO2. The second kappa shape index (κ2) is 5.35. The van der Waals surface area contributed by atoms with Crippen LogP contribution < -0.4 is 0 Å². The molecule has 4 aliphatic carbocycles. The van der Waals surface area contributed by atoms with Gasteiger partial charge in [0, 0.05) is 17.2 Å². The maximum atomic E-state index is 11.8. The van der Waals surface area contributed by atoms with E-state index in [1.54, 1.807) is 0 Å². The molecule has 126 valence electrons. The molecule has 0 spiro atoms. The molecule has 4 rings (SSSR count). The van der Waals surface area contributed by atoms with Crippen LogP contribution in [0.3, 0.4) is 0 Å². The largest absolute Gasteiger partial charge is 0.373 e. The van der Waals surface area contributed by atoms with Crippen LogP contribution in [0.1, 0.15) is 39.0 Å². The molecule has 4 aliphatic rings. The second-order valence-electron chi connectivity index (χ2n) is 8.18. The quantitative estimate of drug-likeness (QED) is 0.533. The fraction of sp³-hybridized carbons (Fsp3) is 0.571. The summed E-state index contributed by atoms with van der Waals surface area (Å²) in [6.45, 7) is 6.53. The predicted molar refractivity (Wildman–Crippen MR) is 95.1 cm³/mol. The van der Waals surface area contributed by atoms with Gasteiger partial charge in [0.1, 0.15) is 0 Å². The zero-order chi connectivity index (χ0) is 17.1. The molecule has 0 aromatic heterocycles. The van der Waals surface area contributed by atoms with Gasteiger partial charge in [-0.05, 0) is 79.0 Å². The van der Waals surface area contributed by atoms with E-state index in [1.165, 1.54) is 11.1 Å². The number of halogens is 1. The minimum Gasteiger partial charge on any atom is -0.373 e. The SMILES string of the molecule is C=C1C[C@@]2(C)[C@@H](C=C[C@@]2(O)C#CCl)[C@@H]2CCC3=CC(=O)CC[C@@H]3[C@@H]12. The highest BCUT2D eigenvalue weighted by Crippen LogP contribution is 2.63. The lowest BCUT2D eigenvalue weighted by Gasteiger charge is -2.55. The first kappa shape index (κ1) is 16.2. The maximum absolute atomic E-state index is 11.8. The monoisotopic (exact) mass is 342 g/mol. The molecule has 1 N–H and O–H groups in total. The minimum absolute atomic E-state index is 0.276. The normalized spacial score (nSPS) is 46.4.